The molecular weight excluding hydrogens is 340 g/mol. The van der Waals surface area contributed by atoms with Gasteiger partial charge in [-0.15, -0.1) is 0 Å². The van der Waals surface area contributed by atoms with E-state index in [0.29, 0.717) is 13.0 Å². The van der Waals surface area contributed by atoms with Crippen LogP contribution in [0.3, 0.4) is 0 Å². The lowest BCUT2D eigenvalue weighted by atomic mass is 9.78. The number of allylic oxidation sites excluding steroid dienone is 2. The second kappa shape index (κ2) is 7.35. The van der Waals surface area contributed by atoms with E-state index in [0.717, 1.165) is 41.2 Å². The van der Waals surface area contributed by atoms with E-state index in [9.17, 15) is 9.59 Å². The van der Waals surface area contributed by atoms with Gasteiger partial charge in [0.25, 0.3) is 0 Å². The quantitative estimate of drug-likeness (QED) is 0.825. The molecule has 4 rings (SSSR count). The maximum atomic E-state index is 13.1. The summed E-state index contributed by atoms with van der Waals surface area (Å²) >= 11 is 0. The number of hydrogen-bond donors (Lipinski definition) is 0. The number of ether oxygens (including phenoxy) is 1. The van der Waals surface area contributed by atoms with E-state index >= 15 is 0 Å². The highest BCUT2D eigenvalue weighted by Gasteiger charge is 2.40. The van der Waals surface area contributed by atoms with Gasteiger partial charge in [-0.2, -0.15) is 0 Å². The van der Waals surface area contributed by atoms with Gasteiger partial charge in [-0.05, 0) is 56.2 Å². The van der Waals surface area contributed by atoms with Gasteiger partial charge in [0, 0.05) is 47.6 Å². The molecule has 1 aliphatic heterocycles. The topological polar surface area (TPSA) is 59.5 Å². The van der Waals surface area contributed by atoms with Gasteiger partial charge in [-0.3, -0.25) is 19.5 Å². The van der Waals surface area contributed by atoms with E-state index in [1.54, 1.807) is 11.1 Å². The van der Waals surface area contributed by atoms with Crippen LogP contribution in [0.2, 0.25) is 0 Å². The number of hydrogen-bond acceptors (Lipinski definition) is 4. The second-order valence-electron chi connectivity index (χ2n) is 6.80. The number of benzene rings is 1. The molecule has 0 N–H and O–H groups in total. The van der Waals surface area contributed by atoms with E-state index < -0.39 is 0 Å². The number of rotatable bonds is 4. The van der Waals surface area contributed by atoms with Crippen molar-refractivity contribution in [1.82, 2.24) is 4.98 Å². The number of carbonyl (C=O) groups is 2. The number of anilines is 1. The van der Waals surface area contributed by atoms with Crippen LogP contribution >= 0.6 is 0 Å². The normalized spacial score (nSPS) is 19.9. The third-order valence-corrected chi connectivity index (χ3v) is 5.13. The zero-order valence-corrected chi connectivity index (χ0v) is 15.4. The summed E-state index contributed by atoms with van der Waals surface area (Å²) in [5.74, 6) is 0.657. The van der Waals surface area contributed by atoms with E-state index in [-0.39, 0.29) is 24.0 Å². The largest absolute Gasteiger partial charge is 0.494 e. The molecule has 1 unspecified atom stereocenters. The Kier molecular flexibility index (Phi) is 4.75. The lowest BCUT2D eigenvalue weighted by Crippen LogP contribution is -2.40. The SMILES string of the molecule is CCOc1ccc(N2C(=O)CC(c3ccccn3)C3=C2CCCC3=O)cc1. The molecule has 5 heteroatoms. The molecule has 0 saturated carbocycles. The third kappa shape index (κ3) is 3.25. The molecule has 27 heavy (non-hydrogen) atoms. The Morgan fingerprint density at radius 2 is 1.93 bits per heavy atom. The van der Waals surface area contributed by atoms with E-state index in [1.807, 2.05) is 49.4 Å². The third-order valence-electron chi connectivity index (χ3n) is 5.13. The fourth-order valence-electron chi connectivity index (χ4n) is 3.99. The van der Waals surface area contributed by atoms with Crippen LogP contribution in [-0.4, -0.2) is 23.3 Å². The molecule has 0 radical (unpaired) electrons. The summed E-state index contributed by atoms with van der Waals surface area (Å²) in [5, 5.41) is 0. The molecule has 1 amide bonds. The lowest BCUT2D eigenvalue weighted by Gasteiger charge is -2.38. The fraction of sp³-hybridized carbons (Fsp3) is 0.318. The number of pyridine rings is 1. The monoisotopic (exact) mass is 362 g/mol. The zero-order chi connectivity index (χ0) is 18.8. The minimum Gasteiger partial charge on any atom is -0.494 e. The maximum absolute atomic E-state index is 13.1. The second-order valence-corrected chi connectivity index (χ2v) is 6.80. The summed E-state index contributed by atoms with van der Waals surface area (Å²) in [6, 6.07) is 13.1. The molecule has 2 aliphatic rings. The van der Waals surface area contributed by atoms with E-state index in [2.05, 4.69) is 4.98 Å². The first-order chi connectivity index (χ1) is 13.2. The van der Waals surface area contributed by atoms with Crippen LogP contribution in [0.25, 0.3) is 0 Å². The van der Waals surface area contributed by atoms with Crippen molar-refractivity contribution in [1.29, 1.82) is 0 Å². The van der Waals surface area contributed by atoms with Gasteiger partial charge in [-0.25, -0.2) is 0 Å². The predicted octanol–water partition coefficient (Wildman–Crippen LogP) is 4.01. The number of nitrogens with zero attached hydrogens (tertiary/aromatic N) is 2. The van der Waals surface area contributed by atoms with Crippen LogP contribution < -0.4 is 9.64 Å². The molecule has 0 spiro atoms. The van der Waals surface area contributed by atoms with Crippen molar-refractivity contribution in [2.75, 3.05) is 11.5 Å². The van der Waals surface area contributed by atoms with Gasteiger partial charge >= 0.3 is 0 Å². The molecular formula is C22H22N2O3. The van der Waals surface area contributed by atoms with Crippen molar-refractivity contribution in [2.24, 2.45) is 0 Å². The Labute approximate surface area is 158 Å². The van der Waals surface area contributed by atoms with Crippen LogP contribution in [0.1, 0.15) is 44.2 Å². The average Bonchev–Trinajstić information content (AvgIpc) is 2.69. The molecule has 5 nitrogen and oxygen atoms in total. The summed E-state index contributed by atoms with van der Waals surface area (Å²) in [7, 11) is 0. The fourth-order valence-corrected chi connectivity index (χ4v) is 3.99. The number of amides is 1. The van der Waals surface area contributed by atoms with Crippen LogP contribution in [-0.2, 0) is 9.59 Å². The maximum Gasteiger partial charge on any atom is 0.232 e. The summed E-state index contributed by atoms with van der Waals surface area (Å²) in [6.07, 6.45) is 4.01. The summed E-state index contributed by atoms with van der Waals surface area (Å²) < 4.78 is 5.50. The highest BCUT2D eigenvalue weighted by molar-refractivity contribution is 6.07. The zero-order valence-electron chi connectivity index (χ0n) is 15.4. The molecule has 0 bridgehead atoms. The smallest absolute Gasteiger partial charge is 0.232 e. The molecule has 1 aromatic heterocycles. The molecule has 1 aromatic carbocycles. The molecule has 0 fully saturated rings. The average molecular weight is 362 g/mol. The Morgan fingerprint density at radius 3 is 2.63 bits per heavy atom. The highest BCUT2D eigenvalue weighted by atomic mass is 16.5. The van der Waals surface area contributed by atoms with Crippen molar-refractivity contribution < 1.29 is 14.3 Å². The van der Waals surface area contributed by atoms with Gasteiger partial charge in [0.1, 0.15) is 5.75 Å². The molecule has 1 aliphatic carbocycles. The van der Waals surface area contributed by atoms with E-state index in [4.69, 9.17) is 4.74 Å². The Balaban J connectivity index is 1.78. The Morgan fingerprint density at radius 1 is 1.11 bits per heavy atom. The number of aromatic nitrogens is 1. The van der Waals surface area contributed by atoms with E-state index in [1.165, 1.54) is 0 Å². The van der Waals surface area contributed by atoms with Crippen molar-refractivity contribution in [3.05, 3.63) is 65.6 Å². The molecule has 1 atom stereocenters. The Hall–Kier alpha value is -2.95. The Bertz CT molecular complexity index is 888. The molecule has 2 heterocycles. The summed E-state index contributed by atoms with van der Waals surface area (Å²) in [6.45, 7) is 2.53. The number of ketones is 1. The molecule has 138 valence electrons. The molecule has 2 aromatic rings. The number of carbonyl (C=O) groups excluding carboxylic acids is 2. The van der Waals surface area contributed by atoms with Crippen LogP contribution in [0.15, 0.2) is 59.9 Å². The highest BCUT2D eigenvalue weighted by Crippen LogP contribution is 2.42. The first-order valence-corrected chi connectivity index (χ1v) is 9.42. The summed E-state index contributed by atoms with van der Waals surface area (Å²) in [5.41, 5.74) is 3.17. The van der Waals surface area contributed by atoms with Gasteiger partial charge in [0.2, 0.25) is 5.91 Å². The van der Waals surface area contributed by atoms with Gasteiger partial charge < -0.3 is 4.74 Å². The predicted molar refractivity (Wildman–Crippen MR) is 103 cm³/mol. The van der Waals surface area contributed by atoms with Crippen molar-refractivity contribution in [3.63, 3.8) is 0 Å². The lowest BCUT2D eigenvalue weighted by molar-refractivity contribution is -0.120. The van der Waals surface area contributed by atoms with Crippen molar-refractivity contribution >= 4 is 17.4 Å². The van der Waals surface area contributed by atoms with Gasteiger partial charge in [0.15, 0.2) is 5.78 Å². The summed E-state index contributed by atoms with van der Waals surface area (Å²) in [4.78, 5) is 32.0. The first kappa shape index (κ1) is 17.5. The van der Waals surface area contributed by atoms with Gasteiger partial charge in [-0.1, -0.05) is 6.07 Å². The molecule has 0 saturated heterocycles. The van der Waals surface area contributed by atoms with Gasteiger partial charge in [0.05, 0.1) is 6.61 Å². The van der Waals surface area contributed by atoms with Crippen molar-refractivity contribution in [2.45, 2.75) is 38.5 Å². The van der Waals surface area contributed by atoms with Crippen LogP contribution in [0.5, 0.6) is 5.75 Å². The van der Waals surface area contributed by atoms with Crippen LogP contribution in [0.4, 0.5) is 5.69 Å². The first-order valence-electron chi connectivity index (χ1n) is 9.42. The number of Topliss-reactive ketones (excluding diaryl/α,β-unsaturated/α-hetero) is 1. The standard InChI is InChI=1S/C22H22N2O3/c1-2-27-16-11-9-15(10-12-16)24-19-7-5-8-20(25)22(19)17(14-21(24)26)18-6-3-4-13-23-18/h3-4,6,9-13,17H,2,5,7-8,14H2,1H3. The minimum absolute atomic E-state index is 0.00302. The minimum atomic E-state index is -0.250. The van der Waals surface area contributed by atoms with Crippen molar-refractivity contribution in [3.8, 4) is 5.75 Å². The van der Waals surface area contributed by atoms with Crippen LogP contribution in [0, 0.1) is 0 Å².